The van der Waals surface area contributed by atoms with E-state index in [-0.39, 0.29) is 4.77 Å². The van der Waals surface area contributed by atoms with Gasteiger partial charge in [-0.05, 0) is 49.3 Å². The molecule has 26 heavy (non-hydrogen) atoms. The van der Waals surface area contributed by atoms with Gasteiger partial charge in [0, 0.05) is 18.8 Å². The van der Waals surface area contributed by atoms with Gasteiger partial charge in [-0.3, -0.25) is 0 Å². The van der Waals surface area contributed by atoms with Gasteiger partial charge < -0.3 is 4.90 Å². The van der Waals surface area contributed by atoms with Gasteiger partial charge >= 0.3 is 6.18 Å². The third kappa shape index (κ3) is 4.49. The standard InChI is InChI=1S/C16H17F3N6S/c1-3-24(8-4-7-20)13-6-5-12(11(2)9-13)10-21-25-14(16(17,18)19)22-23-15(25)26/h5-6,9-10H,3-4,8H2,1-2H3,(H,23,26)/b21-10-. The highest BCUT2D eigenvalue weighted by Gasteiger charge is 2.37. The van der Waals surface area contributed by atoms with Gasteiger partial charge in [-0.1, -0.05) is 6.07 Å². The molecule has 1 heterocycles. The lowest BCUT2D eigenvalue weighted by Crippen LogP contribution is -2.23. The second kappa shape index (κ2) is 8.14. The van der Waals surface area contributed by atoms with Gasteiger partial charge in [-0.2, -0.15) is 28.2 Å². The van der Waals surface area contributed by atoms with Crippen molar-refractivity contribution in [3.63, 3.8) is 0 Å². The number of nitrogens with zero attached hydrogens (tertiary/aromatic N) is 5. The van der Waals surface area contributed by atoms with E-state index in [9.17, 15) is 13.2 Å². The first-order valence-electron chi connectivity index (χ1n) is 7.79. The van der Waals surface area contributed by atoms with E-state index in [0.29, 0.717) is 23.2 Å². The second-order valence-corrected chi connectivity index (χ2v) is 5.82. The van der Waals surface area contributed by atoms with Crippen molar-refractivity contribution in [3.8, 4) is 6.07 Å². The summed E-state index contributed by atoms with van der Waals surface area (Å²) in [6, 6.07) is 7.62. The highest BCUT2D eigenvalue weighted by molar-refractivity contribution is 7.71. The van der Waals surface area contributed by atoms with Gasteiger partial charge in [0.2, 0.25) is 4.77 Å². The number of aromatic nitrogens is 3. The SMILES string of the molecule is CCN(CCC#N)c1ccc(/C=N\n2c(C(F)(F)F)n[nH]c2=S)c(C)c1. The third-order valence-corrected chi connectivity index (χ3v) is 3.97. The zero-order valence-electron chi connectivity index (χ0n) is 14.2. The van der Waals surface area contributed by atoms with Crippen molar-refractivity contribution in [1.82, 2.24) is 14.9 Å². The van der Waals surface area contributed by atoms with Crippen LogP contribution in [0.5, 0.6) is 0 Å². The number of alkyl halides is 3. The van der Waals surface area contributed by atoms with Crippen LogP contribution in [0.2, 0.25) is 0 Å². The number of hydrogen-bond acceptors (Lipinski definition) is 5. The number of hydrogen-bond donors (Lipinski definition) is 1. The molecule has 0 bridgehead atoms. The molecule has 0 aliphatic rings. The molecule has 1 N–H and O–H groups in total. The van der Waals surface area contributed by atoms with Gasteiger partial charge in [0.05, 0.1) is 18.7 Å². The Balaban J connectivity index is 2.29. The minimum Gasteiger partial charge on any atom is -0.371 e. The van der Waals surface area contributed by atoms with E-state index in [4.69, 9.17) is 17.5 Å². The first-order chi connectivity index (χ1) is 12.3. The van der Waals surface area contributed by atoms with E-state index in [2.05, 4.69) is 21.4 Å². The quantitative estimate of drug-likeness (QED) is 0.608. The zero-order valence-corrected chi connectivity index (χ0v) is 15.0. The lowest BCUT2D eigenvalue weighted by Gasteiger charge is -2.22. The zero-order chi connectivity index (χ0) is 19.3. The Morgan fingerprint density at radius 1 is 1.46 bits per heavy atom. The maximum Gasteiger partial charge on any atom is 0.453 e. The van der Waals surface area contributed by atoms with Crippen LogP contribution in [0, 0.1) is 23.0 Å². The normalized spacial score (nSPS) is 11.7. The molecule has 2 aromatic rings. The van der Waals surface area contributed by atoms with E-state index in [0.717, 1.165) is 17.8 Å². The van der Waals surface area contributed by atoms with Crippen LogP contribution in [0.15, 0.2) is 23.3 Å². The van der Waals surface area contributed by atoms with Gasteiger partial charge in [-0.25, -0.2) is 5.10 Å². The van der Waals surface area contributed by atoms with Crippen LogP contribution in [0.1, 0.15) is 30.3 Å². The molecule has 0 radical (unpaired) electrons. The smallest absolute Gasteiger partial charge is 0.371 e. The topological polar surface area (TPSA) is 73.0 Å². The number of benzene rings is 1. The average Bonchev–Trinajstić information content (AvgIpc) is 2.96. The summed E-state index contributed by atoms with van der Waals surface area (Å²) in [4.78, 5) is 2.05. The minimum absolute atomic E-state index is 0.239. The van der Waals surface area contributed by atoms with Crippen LogP contribution >= 0.6 is 12.2 Å². The summed E-state index contributed by atoms with van der Waals surface area (Å²) in [5.41, 5.74) is 2.43. The molecule has 0 aliphatic carbocycles. The van der Waals surface area contributed by atoms with Crippen molar-refractivity contribution in [1.29, 1.82) is 5.26 Å². The Kier molecular flexibility index (Phi) is 6.15. The summed E-state index contributed by atoms with van der Waals surface area (Å²) in [6.45, 7) is 5.18. The maximum absolute atomic E-state index is 12.9. The Labute approximate surface area is 153 Å². The number of H-pyrrole nitrogens is 1. The van der Waals surface area contributed by atoms with E-state index in [1.807, 2.05) is 30.9 Å². The number of anilines is 1. The Morgan fingerprint density at radius 2 is 2.19 bits per heavy atom. The molecule has 1 aromatic heterocycles. The van der Waals surface area contributed by atoms with Crippen LogP contribution in [0.25, 0.3) is 0 Å². The molecule has 1 aromatic carbocycles. The largest absolute Gasteiger partial charge is 0.453 e. The number of aromatic amines is 1. The molecular weight excluding hydrogens is 365 g/mol. The molecule has 0 saturated heterocycles. The molecule has 0 fully saturated rings. The van der Waals surface area contributed by atoms with Crippen LogP contribution in [0.4, 0.5) is 18.9 Å². The van der Waals surface area contributed by atoms with Gasteiger partial charge in [-0.15, -0.1) is 5.10 Å². The monoisotopic (exact) mass is 382 g/mol. The fourth-order valence-electron chi connectivity index (χ4n) is 2.36. The molecule has 0 spiro atoms. The predicted molar refractivity (Wildman–Crippen MR) is 94.7 cm³/mol. The number of nitriles is 1. The van der Waals surface area contributed by atoms with Gasteiger partial charge in [0.1, 0.15) is 0 Å². The van der Waals surface area contributed by atoms with E-state index in [1.54, 1.807) is 6.07 Å². The molecular formula is C16H17F3N6S. The van der Waals surface area contributed by atoms with Crippen molar-refractivity contribution in [3.05, 3.63) is 39.9 Å². The number of nitrogens with one attached hydrogen (secondary N) is 1. The molecule has 0 aliphatic heterocycles. The van der Waals surface area contributed by atoms with Crippen LogP contribution in [-0.2, 0) is 6.18 Å². The van der Waals surface area contributed by atoms with Crippen LogP contribution in [0.3, 0.4) is 0 Å². The summed E-state index contributed by atoms with van der Waals surface area (Å²) in [5, 5.41) is 17.8. The highest BCUT2D eigenvalue weighted by atomic mass is 32.1. The second-order valence-electron chi connectivity index (χ2n) is 5.44. The average molecular weight is 382 g/mol. The van der Waals surface area contributed by atoms with Crippen molar-refractivity contribution >= 4 is 24.1 Å². The van der Waals surface area contributed by atoms with Crippen molar-refractivity contribution in [2.45, 2.75) is 26.4 Å². The summed E-state index contributed by atoms with van der Waals surface area (Å²) >= 11 is 4.80. The molecule has 138 valence electrons. The number of aryl methyl sites for hydroxylation is 1. The summed E-state index contributed by atoms with van der Waals surface area (Å²) in [6.07, 6.45) is -2.94. The highest BCUT2D eigenvalue weighted by Crippen LogP contribution is 2.27. The van der Waals surface area contributed by atoms with Gasteiger partial charge in [0.25, 0.3) is 5.82 Å². The summed E-state index contributed by atoms with van der Waals surface area (Å²) in [7, 11) is 0. The van der Waals surface area contributed by atoms with Crippen molar-refractivity contribution < 1.29 is 13.2 Å². The Hall–Kier alpha value is -2.67. The first-order valence-corrected chi connectivity index (χ1v) is 8.20. The molecule has 0 saturated carbocycles. The van der Waals surface area contributed by atoms with E-state index >= 15 is 0 Å². The first kappa shape index (κ1) is 19.7. The molecule has 2 rings (SSSR count). The minimum atomic E-state index is -4.66. The van der Waals surface area contributed by atoms with E-state index < -0.39 is 12.0 Å². The predicted octanol–water partition coefficient (Wildman–Crippen LogP) is 3.89. The molecule has 0 atom stereocenters. The fourth-order valence-corrected chi connectivity index (χ4v) is 2.54. The fraction of sp³-hybridized carbons (Fsp3) is 0.375. The summed E-state index contributed by atoms with van der Waals surface area (Å²) < 4.78 is 39.0. The van der Waals surface area contributed by atoms with Crippen LogP contribution < -0.4 is 4.90 Å². The molecule has 10 heteroatoms. The van der Waals surface area contributed by atoms with Gasteiger partial charge in [0.15, 0.2) is 0 Å². The summed E-state index contributed by atoms with van der Waals surface area (Å²) in [5.74, 6) is -1.21. The molecule has 6 nitrogen and oxygen atoms in total. The van der Waals surface area contributed by atoms with Crippen LogP contribution in [-0.4, -0.2) is 34.2 Å². The number of halogens is 3. The Morgan fingerprint density at radius 3 is 2.77 bits per heavy atom. The maximum atomic E-state index is 12.9. The molecule has 0 amide bonds. The Bertz CT molecular complexity index is 891. The van der Waals surface area contributed by atoms with E-state index in [1.165, 1.54) is 6.21 Å². The lowest BCUT2D eigenvalue weighted by molar-refractivity contribution is -0.147. The lowest BCUT2D eigenvalue weighted by atomic mass is 10.1. The number of rotatable bonds is 6. The molecule has 0 unspecified atom stereocenters. The third-order valence-electron chi connectivity index (χ3n) is 3.71. The van der Waals surface area contributed by atoms with Crippen molar-refractivity contribution in [2.75, 3.05) is 18.0 Å². The van der Waals surface area contributed by atoms with Crippen molar-refractivity contribution in [2.24, 2.45) is 5.10 Å².